The van der Waals surface area contributed by atoms with Gasteiger partial charge in [-0.15, -0.1) is 0 Å². The first-order valence-electron chi connectivity index (χ1n) is 3.73. The van der Waals surface area contributed by atoms with Crippen LogP contribution in [0, 0.1) is 0 Å². The summed E-state index contributed by atoms with van der Waals surface area (Å²) in [5.41, 5.74) is 0.761. The van der Waals surface area contributed by atoms with Crippen molar-refractivity contribution in [2.75, 3.05) is 0 Å². The SMILES string of the molecule is O=CC(O)(O)OCc1ccccc1. The van der Waals surface area contributed by atoms with E-state index in [-0.39, 0.29) is 12.9 Å². The third-order valence-electron chi connectivity index (χ3n) is 1.45. The molecule has 0 amide bonds. The predicted molar refractivity (Wildman–Crippen MR) is 44.5 cm³/mol. The third kappa shape index (κ3) is 3.33. The van der Waals surface area contributed by atoms with E-state index < -0.39 is 5.97 Å². The molecule has 4 nitrogen and oxygen atoms in total. The lowest BCUT2D eigenvalue weighted by Crippen LogP contribution is -2.33. The fourth-order valence-electron chi connectivity index (χ4n) is 0.798. The lowest BCUT2D eigenvalue weighted by molar-refractivity contribution is -0.308. The Morgan fingerprint density at radius 1 is 1.31 bits per heavy atom. The Kier molecular flexibility index (Phi) is 3.13. The Hall–Kier alpha value is -1.23. The summed E-state index contributed by atoms with van der Waals surface area (Å²) < 4.78 is 4.51. The summed E-state index contributed by atoms with van der Waals surface area (Å²) in [6.45, 7) is -0.0212. The summed E-state index contributed by atoms with van der Waals surface area (Å²) in [6, 6.07) is 8.90. The minimum absolute atomic E-state index is 0.0212. The van der Waals surface area contributed by atoms with Crippen molar-refractivity contribution in [3.05, 3.63) is 35.9 Å². The van der Waals surface area contributed by atoms with Crippen LogP contribution in [-0.4, -0.2) is 22.5 Å². The highest BCUT2D eigenvalue weighted by atomic mass is 16.8. The number of carbonyl (C=O) groups is 1. The molecule has 0 atom stereocenters. The largest absolute Gasteiger partial charge is 0.338 e. The number of hydrogen-bond donors (Lipinski definition) is 2. The van der Waals surface area contributed by atoms with E-state index >= 15 is 0 Å². The van der Waals surface area contributed by atoms with E-state index in [2.05, 4.69) is 4.74 Å². The first kappa shape index (κ1) is 9.85. The standard InChI is InChI=1S/C9H10O4/c10-7-9(11,12)13-6-8-4-2-1-3-5-8/h1-5,7,11-12H,6H2. The maximum absolute atomic E-state index is 10.0. The van der Waals surface area contributed by atoms with E-state index in [0.717, 1.165) is 5.56 Å². The predicted octanol–water partition coefficient (Wildman–Crippen LogP) is 0.0405. The zero-order valence-corrected chi connectivity index (χ0v) is 6.88. The maximum Gasteiger partial charge on any atom is 0.338 e. The van der Waals surface area contributed by atoms with Gasteiger partial charge in [0.1, 0.15) is 0 Å². The molecule has 0 saturated carbocycles. The molecule has 1 rings (SSSR count). The summed E-state index contributed by atoms with van der Waals surface area (Å²) in [4.78, 5) is 10.0. The topological polar surface area (TPSA) is 66.8 Å². The molecule has 0 aliphatic heterocycles. The van der Waals surface area contributed by atoms with Gasteiger partial charge in [-0.3, -0.25) is 4.79 Å². The maximum atomic E-state index is 10.0. The van der Waals surface area contributed by atoms with Crippen molar-refractivity contribution in [1.29, 1.82) is 0 Å². The molecule has 1 aromatic carbocycles. The van der Waals surface area contributed by atoms with Crippen LogP contribution in [0.2, 0.25) is 0 Å². The van der Waals surface area contributed by atoms with Gasteiger partial charge in [-0.1, -0.05) is 30.3 Å². The molecule has 70 valence electrons. The van der Waals surface area contributed by atoms with Crippen LogP contribution in [0.5, 0.6) is 0 Å². The number of carbonyl (C=O) groups excluding carboxylic acids is 1. The molecule has 0 aliphatic carbocycles. The molecular weight excluding hydrogens is 172 g/mol. The lowest BCUT2D eigenvalue weighted by atomic mass is 10.2. The highest BCUT2D eigenvalue weighted by Crippen LogP contribution is 2.05. The summed E-state index contributed by atoms with van der Waals surface area (Å²) >= 11 is 0. The van der Waals surface area contributed by atoms with Gasteiger partial charge in [0, 0.05) is 0 Å². The molecule has 4 heteroatoms. The van der Waals surface area contributed by atoms with E-state index in [1.54, 1.807) is 24.3 Å². The lowest BCUT2D eigenvalue weighted by Gasteiger charge is -2.14. The summed E-state index contributed by atoms with van der Waals surface area (Å²) in [7, 11) is 0. The summed E-state index contributed by atoms with van der Waals surface area (Å²) in [6.07, 6.45) is -0.0735. The second kappa shape index (κ2) is 4.13. The first-order valence-corrected chi connectivity index (χ1v) is 3.73. The molecule has 0 bridgehead atoms. The molecule has 0 saturated heterocycles. The fourth-order valence-corrected chi connectivity index (χ4v) is 0.798. The van der Waals surface area contributed by atoms with E-state index in [1.165, 1.54) is 0 Å². The minimum atomic E-state index is -2.68. The number of rotatable bonds is 4. The quantitative estimate of drug-likeness (QED) is 0.509. The molecule has 0 unspecified atom stereocenters. The van der Waals surface area contributed by atoms with Crippen molar-refractivity contribution in [2.45, 2.75) is 12.6 Å². The molecule has 2 N–H and O–H groups in total. The normalized spacial score (nSPS) is 11.2. The van der Waals surface area contributed by atoms with E-state index in [1.807, 2.05) is 6.07 Å². The number of aldehydes is 1. The van der Waals surface area contributed by atoms with E-state index in [4.69, 9.17) is 10.2 Å². The Labute approximate surface area is 75.4 Å². The van der Waals surface area contributed by atoms with E-state index in [9.17, 15) is 4.79 Å². The van der Waals surface area contributed by atoms with Crippen molar-refractivity contribution in [2.24, 2.45) is 0 Å². The zero-order chi connectivity index (χ0) is 9.73. The molecule has 13 heavy (non-hydrogen) atoms. The summed E-state index contributed by atoms with van der Waals surface area (Å²) in [5.74, 6) is -2.68. The van der Waals surface area contributed by atoms with Gasteiger partial charge >= 0.3 is 5.97 Å². The van der Waals surface area contributed by atoms with Crippen LogP contribution < -0.4 is 0 Å². The van der Waals surface area contributed by atoms with Crippen molar-refractivity contribution in [3.63, 3.8) is 0 Å². The van der Waals surface area contributed by atoms with Gasteiger partial charge in [-0.25, -0.2) is 0 Å². The van der Waals surface area contributed by atoms with Crippen LogP contribution in [-0.2, 0) is 16.1 Å². The Balaban J connectivity index is 2.48. The van der Waals surface area contributed by atoms with Gasteiger partial charge in [0.15, 0.2) is 0 Å². The monoisotopic (exact) mass is 182 g/mol. The van der Waals surface area contributed by atoms with Crippen molar-refractivity contribution in [1.82, 2.24) is 0 Å². The van der Waals surface area contributed by atoms with Crippen LogP contribution in [0.1, 0.15) is 5.56 Å². The van der Waals surface area contributed by atoms with Gasteiger partial charge < -0.3 is 14.9 Å². The zero-order valence-electron chi connectivity index (χ0n) is 6.88. The average Bonchev–Trinajstić information content (AvgIpc) is 2.17. The van der Waals surface area contributed by atoms with Gasteiger partial charge in [0.25, 0.3) is 0 Å². The van der Waals surface area contributed by atoms with Gasteiger partial charge in [0.2, 0.25) is 6.29 Å². The average molecular weight is 182 g/mol. The Bertz CT molecular complexity index is 268. The number of aliphatic hydroxyl groups is 2. The molecule has 0 heterocycles. The van der Waals surface area contributed by atoms with Gasteiger partial charge in [-0.2, -0.15) is 0 Å². The molecule has 0 spiro atoms. The molecule has 0 radical (unpaired) electrons. The molecule has 0 fully saturated rings. The smallest absolute Gasteiger partial charge is 0.337 e. The number of ether oxygens (including phenoxy) is 1. The Morgan fingerprint density at radius 2 is 1.92 bits per heavy atom. The van der Waals surface area contributed by atoms with Crippen LogP contribution in [0.25, 0.3) is 0 Å². The van der Waals surface area contributed by atoms with Crippen LogP contribution >= 0.6 is 0 Å². The van der Waals surface area contributed by atoms with Gasteiger partial charge in [0.05, 0.1) is 6.61 Å². The van der Waals surface area contributed by atoms with Crippen LogP contribution in [0.3, 0.4) is 0 Å². The van der Waals surface area contributed by atoms with Crippen LogP contribution in [0.15, 0.2) is 30.3 Å². The molecule has 0 aromatic heterocycles. The first-order chi connectivity index (χ1) is 6.14. The van der Waals surface area contributed by atoms with Crippen LogP contribution in [0.4, 0.5) is 0 Å². The Morgan fingerprint density at radius 3 is 2.46 bits per heavy atom. The molecule has 1 aromatic rings. The van der Waals surface area contributed by atoms with Crippen molar-refractivity contribution in [3.8, 4) is 0 Å². The molecular formula is C9H10O4. The van der Waals surface area contributed by atoms with Crippen molar-refractivity contribution >= 4 is 6.29 Å². The number of hydrogen-bond acceptors (Lipinski definition) is 4. The molecule has 0 aliphatic rings. The highest BCUT2D eigenvalue weighted by molar-refractivity contribution is 5.56. The fraction of sp³-hybridized carbons (Fsp3) is 0.222. The summed E-state index contributed by atoms with van der Waals surface area (Å²) in [5, 5.41) is 17.5. The van der Waals surface area contributed by atoms with Crippen molar-refractivity contribution < 1.29 is 19.7 Å². The number of benzene rings is 1. The highest BCUT2D eigenvalue weighted by Gasteiger charge is 2.22. The third-order valence-corrected chi connectivity index (χ3v) is 1.45. The second-order valence-electron chi connectivity index (χ2n) is 2.55. The van der Waals surface area contributed by atoms with Gasteiger partial charge in [-0.05, 0) is 5.56 Å². The minimum Gasteiger partial charge on any atom is -0.337 e. The van der Waals surface area contributed by atoms with E-state index in [0.29, 0.717) is 0 Å². The second-order valence-corrected chi connectivity index (χ2v) is 2.55.